The summed E-state index contributed by atoms with van der Waals surface area (Å²) in [7, 11) is 0. The van der Waals surface area contributed by atoms with E-state index >= 15 is 0 Å². The molecule has 2 rings (SSSR count). The number of carbonyl (C=O) groups is 2. The summed E-state index contributed by atoms with van der Waals surface area (Å²) in [5.41, 5.74) is -0.0192. The van der Waals surface area contributed by atoms with Crippen molar-refractivity contribution in [1.29, 1.82) is 0 Å². The van der Waals surface area contributed by atoms with Crippen molar-refractivity contribution in [3.8, 4) is 0 Å². The lowest BCUT2D eigenvalue weighted by Crippen LogP contribution is -2.38. The van der Waals surface area contributed by atoms with Gasteiger partial charge in [-0.1, -0.05) is 0 Å². The molecule has 136 valence electrons. The van der Waals surface area contributed by atoms with Crippen molar-refractivity contribution in [2.24, 2.45) is 0 Å². The zero-order valence-electron chi connectivity index (χ0n) is 13.9. The highest BCUT2D eigenvalue weighted by Crippen LogP contribution is 2.23. The van der Waals surface area contributed by atoms with Crippen molar-refractivity contribution in [3.05, 3.63) is 33.9 Å². The Balaban J connectivity index is 2.16. The molecule has 1 aliphatic rings. The highest BCUT2D eigenvalue weighted by Gasteiger charge is 2.27. The molecule has 1 aromatic carbocycles. The van der Waals surface area contributed by atoms with Crippen LogP contribution in [0.4, 0.5) is 11.4 Å². The molecule has 1 heterocycles. The number of nitro groups is 1. The van der Waals surface area contributed by atoms with Gasteiger partial charge in [0.2, 0.25) is 0 Å². The van der Waals surface area contributed by atoms with E-state index in [1.54, 1.807) is 4.90 Å². The van der Waals surface area contributed by atoms with Crippen molar-refractivity contribution in [3.63, 3.8) is 0 Å². The van der Waals surface area contributed by atoms with E-state index in [0.717, 1.165) is 18.9 Å². The van der Waals surface area contributed by atoms with Gasteiger partial charge in [0.25, 0.3) is 11.6 Å². The number of hydrogen-bond acceptors (Lipinski definition) is 7. The average molecular weight is 351 g/mol. The first-order chi connectivity index (χ1) is 11.9. The van der Waals surface area contributed by atoms with Crippen LogP contribution in [-0.4, -0.2) is 59.2 Å². The van der Waals surface area contributed by atoms with Gasteiger partial charge in [0.05, 0.1) is 17.1 Å². The Morgan fingerprint density at radius 2 is 2.08 bits per heavy atom. The summed E-state index contributed by atoms with van der Waals surface area (Å²) < 4.78 is 5.21. The van der Waals surface area contributed by atoms with E-state index < -0.39 is 17.0 Å². The van der Waals surface area contributed by atoms with Crippen molar-refractivity contribution in [2.75, 3.05) is 31.6 Å². The van der Waals surface area contributed by atoms with Crippen molar-refractivity contribution in [1.82, 2.24) is 4.90 Å². The van der Waals surface area contributed by atoms with Crippen LogP contribution in [0.5, 0.6) is 0 Å². The number of carbonyl (C=O) groups excluding carboxylic acids is 2. The summed E-state index contributed by atoms with van der Waals surface area (Å²) in [5.74, 6) is -1.11. The lowest BCUT2D eigenvalue weighted by atomic mass is 10.1. The Kier molecular flexibility index (Phi) is 6.29. The number of rotatable bonds is 7. The number of non-ortho nitro benzene ring substituents is 1. The van der Waals surface area contributed by atoms with Crippen LogP contribution < -0.4 is 5.32 Å². The minimum atomic E-state index is -0.976. The van der Waals surface area contributed by atoms with Gasteiger partial charge in [-0.3, -0.25) is 14.9 Å². The largest absolute Gasteiger partial charge is 0.449 e. The number of nitrogens with one attached hydrogen (secondary N) is 1. The van der Waals surface area contributed by atoms with Crippen LogP contribution >= 0.6 is 0 Å². The SMILES string of the molecule is C[C@@H](OC(=O)c1cc([N+](=O)[O-])ccc1NCCO)C(=O)N1CCCC1. The van der Waals surface area contributed by atoms with Crippen molar-refractivity contribution >= 4 is 23.3 Å². The zero-order chi connectivity index (χ0) is 18.4. The maximum Gasteiger partial charge on any atom is 0.341 e. The molecule has 1 atom stereocenters. The second-order valence-corrected chi connectivity index (χ2v) is 5.72. The van der Waals surface area contributed by atoms with E-state index in [0.29, 0.717) is 18.8 Å². The predicted octanol–water partition coefficient (Wildman–Crippen LogP) is 1.17. The Bertz CT molecular complexity index is 657. The van der Waals surface area contributed by atoms with Crippen LogP contribution in [0.3, 0.4) is 0 Å². The molecule has 1 fully saturated rings. The fourth-order valence-corrected chi connectivity index (χ4v) is 2.63. The maximum absolute atomic E-state index is 12.4. The molecule has 9 heteroatoms. The van der Waals surface area contributed by atoms with E-state index in [1.165, 1.54) is 19.1 Å². The number of hydrogen-bond donors (Lipinski definition) is 2. The lowest BCUT2D eigenvalue weighted by Gasteiger charge is -2.21. The van der Waals surface area contributed by atoms with Gasteiger partial charge in [0.15, 0.2) is 6.10 Å². The number of anilines is 1. The van der Waals surface area contributed by atoms with Gasteiger partial charge in [-0.05, 0) is 25.8 Å². The van der Waals surface area contributed by atoms with Gasteiger partial charge in [0.1, 0.15) is 0 Å². The first-order valence-electron chi connectivity index (χ1n) is 8.07. The fourth-order valence-electron chi connectivity index (χ4n) is 2.63. The highest BCUT2D eigenvalue weighted by molar-refractivity contribution is 5.98. The van der Waals surface area contributed by atoms with Crippen LogP contribution in [0.1, 0.15) is 30.1 Å². The summed E-state index contributed by atoms with van der Waals surface area (Å²) in [6.07, 6.45) is 0.870. The first kappa shape index (κ1) is 18.7. The van der Waals surface area contributed by atoms with E-state index in [9.17, 15) is 19.7 Å². The van der Waals surface area contributed by atoms with Crippen LogP contribution in [0, 0.1) is 10.1 Å². The molecule has 0 saturated carbocycles. The Labute approximate surface area is 144 Å². The summed E-state index contributed by atoms with van der Waals surface area (Å²) >= 11 is 0. The number of nitrogens with zero attached hydrogens (tertiary/aromatic N) is 2. The average Bonchev–Trinajstić information content (AvgIpc) is 3.13. The first-order valence-corrected chi connectivity index (χ1v) is 8.07. The van der Waals surface area contributed by atoms with Gasteiger partial charge in [-0.15, -0.1) is 0 Å². The van der Waals surface area contributed by atoms with Crippen molar-refractivity contribution < 1.29 is 24.4 Å². The molecule has 1 amide bonds. The van der Waals surface area contributed by atoms with E-state index in [-0.39, 0.29) is 30.3 Å². The number of aliphatic hydroxyl groups is 1. The number of amides is 1. The highest BCUT2D eigenvalue weighted by atomic mass is 16.6. The van der Waals surface area contributed by atoms with Gasteiger partial charge in [-0.2, -0.15) is 0 Å². The number of benzene rings is 1. The summed E-state index contributed by atoms with van der Waals surface area (Å²) in [6, 6.07) is 3.71. The quantitative estimate of drug-likeness (QED) is 0.429. The smallest absolute Gasteiger partial charge is 0.341 e. The molecule has 2 N–H and O–H groups in total. The monoisotopic (exact) mass is 351 g/mol. The van der Waals surface area contributed by atoms with Crippen LogP contribution in [0.15, 0.2) is 18.2 Å². The molecular formula is C16H21N3O6. The molecule has 0 unspecified atom stereocenters. The number of aliphatic hydroxyl groups excluding tert-OH is 1. The molecule has 0 bridgehead atoms. The standard InChI is InChI=1S/C16H21N3O6/c1-11(15(21)18-7-2-3-8-18)25-16(22)13-10-12(19(23)24)4-5-14(13)17-6-9-20/h4-5,10-11,17,20H,2-3,6-9H2,1H3/t11-/m1/s1. The summed E-state index contributed by atoms with van der Waals surface area (Å²) in [4.78, 5) is 36.6. The number of ether oxygens (including phenoxy) is 1. The van der Waals surface area contributed by atoms with Gasteiger partial charge < -0.3 is 20.1 Å². The van der Waals surface area contributed by atoms with E-state index in [1.807, 2.05) is 0 Å². The normalized spacial score (nSPS) is 14.9. The number of nitro benzene ring substituents is 1. The second-order valence-electron chi connectivity index (χ2n) is 5.72. The molecule has 0 aromatic heterocycles. The molecule has 1 saturated heterocycles. The zero-order valence-corrected chi connectivity index (χ0v) is 13.9. The molecule has 1 aromatic rings. The van der Waals surface area contributed by atoms with Gasteiger partial charge in [0, 0.05) is 37.5 Å². The Morgan fingerprint density at radius 3 is 2.68 bits per heavy atom. The molecule has 0 aliphatic carbocycles. The van der Waals surface area contributed by atoms with Crippen LogP contribution in [0.2, 0.25) is 0 Å². The minimum absolute atomic E-state index is 0.0521. The minimum Gasteiger partial charge on any atom is -0.449 e. The lowest BCUT2D eigenvalue weighted by molar-refractivity contribution is -0.384. The molecule has 25 heavy (non-hydrogen) atoms. The second kappa shape index (κ2) is 8.43. The summed E-state index contributed by atoms with van der Waals surface area (Å²) in [6.45, 7) is 2.76. The Hall–Kier alpha value is -2.68. The topological polar surface area (TPSA) is 122 Å². The number of esters is 1. The molecule has 0 radical (unpaired) electrons. The fraction of sp³-hybridized carbons (Fsp3) is 0.500. The molecular weight excluding hydrogens is 330 g/mol. The van der Waals surface area contributed by atoms with E-state index in [4.69, 9.17) is 9.84 Å². The molecule has 0 spiro atoms. The van der Waals surface area contributed by atoms with E-state index in [2.05, 4.69) is 5.32 Å². The van der Waals surface area contributed by atoms with Gasteiger partial charge >= 0.3 is 5.97 Å². The summed E-state index contributed by atoms with van der Waals surface area (Å²) in [5, 5.41) is 22.6. The third-order valence-corrected chi connectivity index (χ3v) is 3.91. The maximum atomic E-state index is 12.4. The predicted molar refractivity (Wildman–Crippen MR) is 89.4 cm³/mol. The third kappa shape index (κ3) is 4.66. The number of likely N-dealkylation sites (tertiary alicyclic amines) is 1. The van der Waals surface area contributed by atoms with Crippen LogP contribution in [0.25, 0.3) is 0 Å². The van der Waals surface area contributed by atoms with Crippen molar-refractivity contribution in [2.45, 2.75) is 25.9 Å². The molecule has 1 aliphatic heterocycles. The van der Waals surface area contributed by atoms with Gasteiger partial charge in [-0.25, -0.2) is 4.79 Å². The molecule has 9 nitrogen and oxygen atoms in total. The Morgan fingerprint density at radius 1 is 1.40 bits per heavy atom. The third-order valence-electron chi connectivity index (χ3n) is 3.91. The van der Waals surface area contributed by atoms with Crippen LogP contribution in [-0.2, 0) is 9.53 Å².